The minimum atomic E-state index is -1.50. The molecule has 1 aromatic carbocycles. The van der Waals surface area contributed by atoms with Crippen molar-refractivity contribution in [1.29, 1.82) is 0 Å². The molecule has 1 fully saturated rings. The molecule has 0 bridgehead atoms. The van der Waals surface area contributed by atoms with Gasteiger partial charge in [0.25, 0.3) is 5.91 Å². The van der Waals surface area contributed by atoms with E-state index in [1.54, 1.807) is 20.8 Å². The number of ether oxygens (including phenoxy) is 3. The van der Waals surface area contributed by atoms with E-state index in [1.807, 2.05) is 13.8 Å². The van der Waals surface area contributed by atoms with E-state index in [4.69, 9.17) is 14.2 Å². The van der Waals surface area contributed by atoms with E-state index in [0.717, 1.165) is 11.6 Å². The van der Waals surface area contributed by atoms with Crippen LogP contribution < -0.4 is 5.32 Å². The molecule has 43 heavy (non-hydrogen) atoms. The van der Waals surface area contributed by atoms with Crippen LogP contribution in [0.1, 0.15) is 74.9 Å². The lowest BCUT2D eigenvalue weighted by atomic mass is 9.73. The molecule has 1 aliphatic rings. The van der Waals surface area contributed by atoms with E-state index in [-0.39, 0.29) is 48.5 Å². The number of hydrogen-bond donors (Lipinski definition) is 7. The van der Waals surface area contributed by atoms with E-state index in [1.165, 1.54) is 14.2 Å². The summed E-state index contributed by atoms with van der Waals surface area (Å²) in [7, 11) is 2.75. The maximum absolute atomic E-state index is 12.8. The smallest absolute Gasteiger partial charge is 0.339 e. The third kappa shape index (κ3) is 8.90. The van der Waals surface area contributed by atoms with Crippen molar-refractivity contribution in [3.05, 3.63) is 34.9 Å². The van der Waals surface area contributed by atoms with Gasteiger partial charge in [0.05, 0.1) is 24.4 Å². The van der Waals surface area contributed by atoms with Crippen LogP contribution in [0.25, 0.3) is 0 Å². The van der Waals surface area contributed by atoms with Gasteiger partial charge in [0.15, 0.2) is 12.3 Å². The summed E-state index contributed by atoms with van der Waals surface area (Å²) in [6.07, 6.45) is -5.52. The number of aliphatic hydroxyl groups is 3. The molecule has 12 nitrogen and oxygen atoms in total. The van der Waals surface area contributed by atoms with Gasteiger partial charge < -0.3 is 50.2 Å². The molecule has 0 aliphatic carbocycles. The van der Waals surface area contributed by atoms with Crippen LogP contribution in [0.3, 0.4) is 0 Å². The Morgan fingerprint density at radius 3 is 2.35 bits per heavy atom. The first kappa shape index (κ1) is 36.5. The third-order valence-corrected chi connectivity index (χ3v) is 8.68. The first-order valence-electron chi connectivity index (χ1n) is 14.4. The van der Waals surface area contributed by atoms with Crippen molar-refractivity contribution in [2.24, 2.45) is 11.3 Å². The molecule has 244 valence electrons. The summed E-state index contributed by atoms with van der Waals surface area (Å²) in [6, 6.07) is 0.999. The molecule has 12 heteroatoms. The van der Waals surface area contributed by atoms with Gasteiger partial charge in [-0.3, -0.25) is 4.79 Å². The van der Waals surface area contributed by atoms with Crippen molar-refractivity contribution < 1.29 is 54.4 Å². The number of carbonyl (C=O) groups is 2. The number of carboxylic acid groups (broad SMARTS) is 1. The Morgan fingerprint density at radius 1 is 1.19 bits per heavy atom. The lowest BCUT2D eigenvalue weighted by Crippen LogP contribution is -2.59. The fourth-order valence-corrected chi connectivity index (χ4v) is 5.47. The van der Waals surface area contributed by atoms with Gasteiger partial charge >= 0.3 is 5.97 Å². The molecule has 1 heterocycles. The average Bonchev–Trinajstić information content (AvgIpc) is 2.92. The largest absolute Gasteiger partial charge is 0.508 e. The van der Waals surface area contributed by atoms with E-state index >= 15 is 0 Å². The Balaban J connectivity index is 2.14. The monoisotopic (exact) mass is 611 g/mol. The molecule has 2 unspecified atom stereocenters. The zero-order valence-electron chi connectivity index (χ0n) is 26.2. The van der Waals surface area contributed by atoms with E-state index < -0.39 is 65.9 Å². The third-order valence-electron chi connectivity index (χ3n) is 8.68. The van der Waals surface area contributed by atoms with Crippen LogP contribution in [0, 0.1) is 18.3 Å². The fraction of sp³-hybridized carbons (Fsp3) is 0.677. The van der Waals surface area contributed by atoms with Crippen LogP contribution >= 0.6 is 0 Å². The Bertz CT molecular complexity index is 1140. The highest BCUT2D eigenvalue weighted by atomic mass is 16.6. The number of rotatable bonds is 15. The topological polar surface area (TPSA) is 195 Å². The van der Waals surface area contributed by atoms with Gasteiger partial charge in [0.2, 0.25) is 0 Å². The molecule has 0 saturated carbocycles. The van der Waals surface area contributed by atoms with Crippen molar-refractivity contribution >= 4 is 11.9 Å². The zero-order valence-corrected chi connectivity index (χ0v) is 26.2. The highest BCUT2D eigenvalue weighted by Gasteiger charge is 2.47. The number of hydrogen-bond acceptors (Lipinski definition) is 10. The Hall–Kier alpha value is -2.74. The lowest BCUT2D eigenvalue weighted by Gasteiger charge is -2.48. The Kier molecular flexibility index (Phi) is 13.0. The fourth-order valence-electron chi connectivity index (χ4n) is 5.47. The number of phenols is 2. The number of aromatic carboxylic acids is 1. The molecule has 1 saturated heterocycles. The second-order valence-corrected chi connectivity index (χ2v) is 12.3. The molecule has 2 rings (SSSR count). The lowest BCUT2D eigenvalue weighted by molar-refractivity contribution is -0.216. The summed E-state index contributed by atoms with van der Waals surface area (Å²) in [5.41, 5.74) is 0.304. The van der Waals surface area contributed by atoms with Gasteiger partial charge in [0, 0.05) is 38.5 Å². The molecular weight excluding hydrogens is 562 g/mol. The molecule has 0 radical (unpaired) electrons. The van der Waals surface area contributed by atoms with Crippen LogP contribution in [0.15, 0.2) is 18.2 Å². The van der Waals surface area contributed by atoms with Crippen LogP contribution in [0.4, 0.5) is 0 Å². The maximum atomic E-state index is 12.8. The number of aromatic hydroxyl groups is 2. The standard InChI is InChI=1S/C31H49NO11/c1-15(2)11-22(41-7)27(37)28(38)32-29(42-8)23-14-24(36)31(5,6)25(43-23)13-19(33)16(3)9-10-18-17(4)20(34)12-21(35)26(18)30(39)40/h12,16,19,22-25,27,29,33-37H,1,9-11,13-14H2,2-8H3,(H,32,38)(H,39,40)/t16-,19-,22-,23-,24?,25?,27-,29+/m0/s1. The molecule has 7 N–H and O–H groups in total. The van der Waals surface area contributed by atoms with E-state index in [0.29, 0.717) is 12.0 Å². The van der Waals surface area contributed by atoms with Gasteiger partial charge in [-0.25, -0.2) is 4.79 Å². The number of methoxy groups -OCH3 is 2. The Morgan fingerprint density at radius 2 is 1.81 bits per heavy atom. The molecule has 1 aliphatic heterocycles. The quantitative estimate of drug-likeness (QED) is 0.114. The van der Waals surface area contributed by atoms with Gasteiger partial charge in [0.1, 0.15) is 23.2 Å². The first-order valence-corrected chi connectivity index (χ1v) is 14.4. The van der Waals surface area contributed by atoms with Gasteiger partial charge in [-0.2, -0.15) is 0 Å². The summed E-state index contributed by atoms with van der Waals surface area (Å²) >= 11 is 0. The number of nitrogens with one attached hydrogen (secondary N) is 1. The predicted molar refractivity (Wildman–Crippen MR) is 158 cm³/mol. The summed E-state index contributed by atoms with van der Waals surface area (Å²) in [4.78, 5) is 24.6. The number of aliphatic hydroxyl groups excluding tert-OH is 3. The number of carbonyl (C=O) groups excluding carboxylic acids is 1. The van der Waals surface area contributed by atoms with Crippen LogP contribution in [-0.2, 0) is 25.4 Å². The zero-order chi connectivity index (χ0) is 32.8. The number of carboxylic acids is 1. The van der Waals surface area contributed by atoms with Gasteiger partial charge in [-0.15, -0.1) is 6.58 Å². The molecule has 0 spiro atoms. The first-order chi connectivity index (χ1) is 20.0. The minimum Gasteiger partial charge on any atom is -0.508 e. The second-order valence-electron chi connectivity index (χ2n) is 12.3. The van der Waals surface area contributed by atoms with E-state index in [9.17, 15) is 40.2 Å². The molecule has 8 atom stereocenters. The number of amides is 1. The van der Waals surface area contributed by atoms with Crippen LogP contribution in [-0.4, -0.2) is 99.6 Å². The van der Waals surface area contributed by atoms with Crippen molar-refractivity contribution in [2.75, 3.05) is 14.2 Å². The van der Waals surface area contributed by atoms with Gasteiger partial charge in [-0.1, -0.05) is 26.3 Å². The SMILES string of the molecule is C=C(C)C[C@H](OC)[C@H](O)C(=O)N[C@H](OC)[C@@H]1CC(O)C(C)(C)C(C[C@H](O)[C@@H](C)CCc2c(C)c(O)cc(O)c2C(=O)O)O1. The van der Waals surface area contributed by atoms with Crippen molar-refractivity contribution in [3.8, 4) is 11.5 Å². The molecule has 1 amide bonds. The average molecular weight is 612 g/mol. The van der Waals surface area contributed by atoms with Crippen molar-refractivity contribution in [2.45, 2.75) is 110 Å². The Labute approximate surface area is 253 Å². The highest BCUT2D eigenvalue weighted by Crippen LogP contribution is 2.40. The summed E-state index contributed by atoms with van der Waals surface area (Å²) < 4.78 is 17.0. The molecule has 0 aromatic heterocycles. The van der Waals surface area contributed by atoms with Crippen molar-refractivity contribution in [1.82, 2.24) is 5.32 Å². The normalized spacial score (nSPS) is 23.5. The highest BCUT2D eigenvalue weighted by molar-refractivity contribution is 5.93. The molecular formula is C31H49NO11. The summed E-state index contributed by atoms with van der Waals surface area (Å²) in [5.74, 6) is -3.15. The van der Waals surface area contributed by atoms with Crippen molar-refractivity contribution in [3.63, 3.8) is 0 Å². The molecule has 1 aromatic rings. The van der Waals surface area contributed by atoms with E-state index in [2.05, 4.69) is 11.9 Å². The summed E-state index contributed by atoms with van der Waals surface area (Å²) in [5, 5.41) is 65.2. The summed E-state index contributed by atoms with van der Waals surface area (Å²) in [6.45, 7) is 12.5. The predicted octanol–water partition coefficient (Wildman–Crippen LogP) is 2.40. The maximum Gasteiger partial charge on any atom is 0.339 e. The number of phenolic OH excluding ortho intramolecular Hbond substituents is 1. The minimum absolute atomic E-state index is 0.120. The van der Waals surface area contributed by atoms with Crippen LogP contribution in [0.2, 0.25) is 0 Å². The number of benzene rings is 1. The second kappa shape index (κ2) is 15.3. The van der Waals surface area contributed by atoms with Gasteiger partial charge in [-0.05, 0) is 50.2 Å². The van der Waals surface area contributed by atoms with Crippen LogP contribution in [0.5, 0.6) is 11.5 Å².